The van der Waals surface area contributed by atoms with Crippen molar-refractivity contribution < 1.29 is 19.2 Å². The third-order valence-electron chi connectivity index (χ3n) is 3.55. The molecule has 134 valence electrons. The number of nitrogens with zero attached hydrogens (tertiary/aromatic N) is 1. The van der Waals surface area contributed by atoms with Crippen LogP contribution in [0.3, 0.4) is 0 Å². The highest BCUT2D eigenvalue weighted by molar-refractivity contribution is 7.14. The monoisotopic (exact) mass is 365 g/mol. The Bertz CT molecular complexity index is 721. The van der Waals surface area contributed by atoms with Crippen LogP contribution < -0.4 is 10.8 Å². The molecule has 0 bridgehead atoms. The van der Waals surface area contributed by atoms with E-state index in [-0.39, 0.29) is 18.1 Å². The van der Waals surface area contributed by atoms with E-state index in [1.54, 1.807) is 23.0 Å². The number of amides is 2. The van der Waals surface area contributed by atoms with Crippen LogP contribution in [0.4, 0.5) is 9.52 Å². The number of hydrogen-bond donors (Lipinski definition) is 3. The highest BCUT2D eigenvalue weighted by Crippen LogP contribution is 2.25. The number of carbonyl (C=O) groups excluding carboxylic acids is 2. The zero-order valence-electron chi connectivity index (χ0n) is 13.6. The minimum absolute atomic E-state index is 0.117. The maximum Gasteiger partial charge on any atom is 0.243 e. The first-order chi connectivity index (χ1) is 12.1. The average Bonchev–Trinajstić information content (AvgIpc) is 3.06. The van der Waals surface area contributed by atoms with Gasteiger partial charge in [-0.1, -0.05) is 25.0 Å². The van der Waals surface area contributed by atoms with Crippen molar-refractivity contribution in [3.8, 4) is 11.3 Å². The number of aromatic nitrogens is 1. The molecule has 0 saturated heterocycles. The van der Waals surface area contributed by atoms with Crippen molar-refractivity contribution >= 4 is 28.3 Å². The lowest BCUT2D eigenvalue weighted by molar-refractivity contribution is -0.129. The topological polar surface area (TPSA) is 91.3 Å². The fraction of sp³-hybridized carbons (Fsp3) is 0.353. The van der Waals surface area contributed by atoms with E-state index in [0.717, 1.165) is 12.8 Å². The highest BCUT2D eigenvalue weighted by Gasteiger charge is 2.08. The van der Waals surface area contributed by atoms with Crippen LogP contribution in [0.2, 0.25) is 0 Å². The van der Waals surface area contributed by atoms with Gasteiger partial charge in [-0.3, -0.25) is 14.8 Å². The van der Waals surface area contributed by atoms with Gasteiger partial charge < -0.3 is 5.32 Å². The van der Waals surface area contributed by atoms with Gasteiger partial charge in [0, 0.05) is 23.8 Å². The molecule has 25 heavy (non-hydrogen) atoms. The lowest BCUT2D eigenvalue weighted by atomic mass is 10.1. The van der Waals surface area contributed by atoms with Crippen molar-refractivity contribution in [1.29, 1.82) is 0 Å². The number of unbranched alkanes of at least 4 members (excludes halogenated alkanes) is 3. The summed E-state index contributed by atoms with van der Waals surface area (Å²) in [4.78, 5) is 27.0. The number of halogens is 1. The minimum atomic E-state index is -0.393. The van der Waals surface area contributed by atoms with Gasteiger partial charge in [0.15, 0.2) is 5.13 Å². The van der Waals surface area contributed by atoms with Gasteiger partial charge in [0.05, 0.1) is 5.69 Å². The summed E-state index contributed by atoms with van der Waals surface area (Å²) in [5.74, 6) is -0.837. The van der Waals surface area contributed by atoms with E-state index >= 15 is 0 Å². The quantitative estimate of drug-likeness (QED) is 0.359. The molecule has 6 nitrogen and oxygen atoms in total. The second-order valence-corrected chi connectivity index (χ2v) is 6.40. The van der Waals surface area contributed by atoms with E-state index in [2.05, 4.69) is 10.3 Å². The Hall–Kier alpha value is -2.32. The molecule has 8 heteroatoms. The molecule has 0 saturated carbocycles. The van der Waals surface area contributed by atoms with E-state index in [0.29, 0.717) is 35.7 Å². The largest absolute Gasteiger partial charge is 0.302 e. The normalized spacial score (nSPS) is 10.5. The summed E-state index contributed by atoms with van der Waals surface area (Å²) >= 11 is 1.30. The number of benzene rings is 1. The van der Waals surface area contributed by atoms with E-state index < -0.39 is 5.91 Å². The Morgan fingerprint density at radius 1 is 1.12 bits per heavy atom. The molecule has 2 rings (SSSR count). The van der Waals surface area contributed by atoms with Crippen molar-refractivity contribution in [2.45, 2.75) is 38.5 Å². The number of thiazole rings is 1. The first kappa shape index (κ1) is 19.0. The number of nitrogens with one attached hydrogen (secondary N) is 2. The number of rotatable bonds is 9. The summed E-state index contributed by atoms with van der Waals surface area (Å²) in [7, 11) is 0. The van der Waals surface area contributed by atoms with Gasteiger partial charge in [0.1, 0.15) is 5.82 Å². The fourth-order valence-electron chi connectivity index (χ4n) is 2.27. The second-order valence-electron chi connectivity index (χ2n) is 5.55. The fourth-order valence-corrected chi connectivity index (χ4v) is 3.01. The van der Waals surface area contributed by atoms with Crippen molar-refractivity contribution in [3.63, 3.8) is 0 Å². The third kappa shape index (κ3) is 6.60. The Balaban J connectivity index is 1.70. The van der Waals surface area contributed by atoms with Gasteiger partial charge in [-0.05, 0) is 25.0 Å². The Morgan fingerprint density at radius 3 is 2.52 bits per heavy atom. The Kier molecular flexibility index (Phi) is 7.49. The van der Waals surface area contributed by atoms with Gasteiger partial charge in [0.2, 0.25) is 11.8 Å². The van der Waals surface area contributed by atoms with Crippen LogP contribution in [0, 0.1) is 5.82 Å². The van der Waals surface area contributed by atoms with Crippen LogP contribution in [-0.2, 0) is 9.59 Å². The molecule has 0 unspecified atom stereocenters. The second kappa shape index (κ2) is 9.85. The first-order valence-electron chi connectivity index (χ1n) is 8.03. The third-order valence-corrected chi connectivity index (χ3v) is 4.31. The molecule has 0 radical (unpaired) electrons. The molecule has 1 aromatic heterocycles. The Morgan fingerprint density at radius 2 is 1.84 bits per heavy atom. The lowest BCUT2D eigenvalue weighted by Crippen LogP contribution is -2.17. The first-order valence-corrected chi connectivity index (χ1v) is 8.90. The van der Waals surface area contributed by atoms with Crippen LogP contribution in [0.15, 0.2) is 29.6 Å². The number of carbonyl (C=O) groups is 2. The average molecular weight is 365 g/mol. The Labute approximate surface area is 149 Å². The smallest absolute Gasteiger partial charge is 0.243 e. The predicted molar refractivity (Wildman–Crippen MR) is 93.8 cm³/mol. The van der Waals surface area contributed by atoms with Crippen LogP contribution in [0.5, 0.6) is 0 Å². The molecule has 0 atom stereocenters. The van der Waals surface area contributed by atoms with Crippen molar-refractivity contribution in [2.75, 3.05) is 5.32 Å². The molecule has 0 aliphatic heterocycles. The summed E-state index contributed by atoms with van der Waals surface area (Å²) in [6.07, 6.45) is 3.71. The van der Waals surface area contributed by atoms with Crippen molar-refractivity contribution in [3.05, 3.63) is 35.5 Å². The van der Waals surface area contributed by atoms with Gasteiger partial charge >= 0.3 is 0 Å². The number of hydroxylamine groups is 1. The molecule has 1 heterocycles. The molecule has 2 aromatic rings. The highest BCUT2D eigenvalue weighted by atomic mass is 32.1. The van der Waals surface area contributed by atoms with E-state index in [9.17, 15) is 14.0 Å². The van der Waals surface area contributed by atoms with Crippen LogP contribution in [-0.4, -0.2) is 22.0 Å². The van der Waals surface area contributed by atoms with E-state index in [1.807, 2.05) is 0 Å². The molecule has 0 aliphatic carbocycles. The van der Waals surface area contributed by atoms with E-state index in [4.69, 9.17) is 5.21 Å². The maximum absolute atomic E-state index is 13.2. The zero-order chi connectivity index (χ0) is 18.1. The molecule has 1 aromatic carbocycles. The van der Waals surface area contributed by atoms with Gasteiger partial charge in [-0.2, -0.15) is 0 Å². The summed E-state index contributed by atoms with van der Waals surface area (Å²) in [5, 5.41) is 13.4. The lowest BCUT2D eigenvalue weighted by Gasteiger charge is -2.02. The molecular weight excluding hydrogens is 345 g/mol. The number of hydrogen-bond acceptors (Lipinski definition) is 5. The molecular formula is C17H20FN3O3S. The standard InChI is InChI=1S/C17H20FN3O3S/c18-13-7-5-6-12(10-13)14-11-25-17(19-14)20-15(22)8-3-1-2-4-9-16(23)21-24/h5-7,10-11,24H,1-4,8-9H2,(H,21,23)(H,19,20,22). The summed E-state index contributed by atoms with van der Waals surface area (Å²) in [5.41, 5.74) is 2.89. The van der Waals surface area contributed by atoms with Crippen molar-refractivity contribution in [2.24, 2.45) is 0 Å². The molecule has 3 N–H and O–H groups in total. The SMILES string of the molecule is O=C(CCCCCCC(=O)Nc1nc(-c2cccc(F)c2)cs1)NO. The minimum Gasteiger partial charge on any atom is -0.302 e. The van der Waals surface area contributed by atoms with Gasteiger partial charge in [-0.25, -0.2) is 14.9 Å². The maximum atomic E-state index is 13.2. The number of anilines is 1. The predicted octanol–water partition coefficient (Wildman–Crippen LogP) is 3.73. The van der Waals surface area contributed by atoms with Crippen molar-refractivity contribution in [1.82, 2.24) is 10.5 Å². The zero-order valence-corrected chi connectivity index (χ0v) is 14.4. The molecule has 2 amide bonds. The summed E-state index contributed by atoms with van der Waals surface area (Å²) in [6, 6.07) is 6.15. The van der Waals surface area contributed by atoms with Gasteiger partial charge in [0.25, 0.3) is 0 Å². The van der Waals surface area contributed by atoms with Crippen LogP contribution in [0.25, 0.3) is 11.3 Å². The van der Waals surface area contributed by atoms with Crippen LogP contribution in [0.1, 0.15) is 38.5 Å². The van der Waals surface area contributed by atoms with Crippen LogP contribution >= 0.6 is 11.3 Å². The molecule has 0 spiro atoms. The summed E-state index contributed by atoms with van der Waals surface area (Å²) in [6.45, 7) is 0. The van der Waals surface area contributed by atoms with E-state index in [1.165, 1.54) is 23.5 Å². The molecule has 0 aliphatic rings. The summed E-state index contributed by atoms with van der Waals surface area (Å²) < 4.78 is 13.2. The molecule has 0 fully saturated rings. The van der Waals surface area contributed by atoms with Gasteiger partial charge in [-0.15, -0.1) is 11.3 Å².